The van der Waals surface area contributed by atoms with Crippen molar-refractivity contribution in [2.45, 2.75) is 32.7 Å². The molecule has 0 saturated carbocycles. The first-order valence-electron chi connectivity index (χ1n) is 5.05. The smallest absolute Gasteiger partial charge is 0.320 e. The molecule has 5 nitrogen and oxygen atoms in total. The van der Waals surface area contributed by atoms with Crippen molar-refractivity contribution < 1.29 is 19.4 Å². The Hall–Kier alpha value is -1.10. The Kier molecular flexibility index (Phi) is 6.70. The maximum atomic E-state index is 10.9. The number of carbonyl (C=O) groups excluding carboxylic acids is 1. The Morgan fingerprint density at radius 3 is 2.47 bits per heavy atom. The Morgan fingerprint density at radius 1 is 1.47 bits per heavy atom. The molecule has 15 heavy (non-hydrogen) atoms. The predicted octanol–water partition coefficient (Wildman–Crippen LogP) is 0.638. The van der Waals surface area contributed by atoms with E-state index in [4.69, 9.17) is 5.11 Å². The molecule has 5 heteroatoms. The Bertz CT molecular complexity index is 217. The van der Waals surface area contributed by atoms with Gasteiger partial charge in [0.15, 0.2) is 0 Å². The molecule has 0 bridgehead atoms. The number of carboxylic acids is 1. The van der Waals surface area contributed by atoms with Crippen molar-refractivity contribution >= 4 is 11.9 Å². The van der Waals surface area contributed by atoms with E-state index in [-0.39, 0.29) is 18.3 Å². The summed E-state index contributed by atoms with van der Waals surface area (Å²) < 4.78 is 4.45. The molecule has 2 unspecified atom stereocenters. The van der Waals surface area contributed by atoms with Crippen LogP contribution in [0.25, 0.3) is 0 Å². The molecule has 0 radical (unpaired) electrons. The predicted molar refractivity (Wildman–Crippen MR) is 55.5 cm³/mol. The van der Waals surface area contributed by atoms with E-state index >= 15 is 0 Å². The lowest BCUT2D eigenvalue weighted by atomic mass is 9.99. The molecule has 88 valence electrons. The summed E-state index contributed by atoms with van der Waals surface area (Å²) in [5, 5.41) is 11.8. The van der Waals surface area contributed by atoms with Crippen LogP contribution in [0.1, 0.15) is 26.7 Å². The second-order valence-electron chi connectivity index (χ2n) is 3.48. The van der Waals surface area contributed by atoms with Crippen molar-refractivity contribution in [2.75, 3.05) is 13.7 Å². The van der Waals surface area contributed by atoms with Gasteiger partial charge in [-0.2, -0.15) is 0 Å². The van der Waals surface area contributed by atoms with Crippen molar-refractivity contribution in [3.05, 3.63) is 0 Å². The molecule has 0 amide bonds. The van der Waals surface area contributed by atoms with Gasteiger partial charge in [0.25, 0.3) is 0 Å². The maximum absolute atomic E-state index is 10.9. The molecule has 0 heterocycles. The van der Waals surface area contributed by atoms with Crippen molar-refractivity contribution in [3.63, 3.8) is 0 Å². The van der Waals surface area contributed by atoms with Crippen LogP contribution in [0, 0.1) is 5.92 Å². The topological polar surface area (TPSA) is 75.6 Å². The van der Waals surface area contributed by atoms with Crippen LogP contribution in [0.2, 0.25) is 0 Å². The molecule has 0 aromatic carbocycles. The van der Waals surface area contributed by atoms with E-state index < -0.39 is 12.0 Å². The molecule has 0 aliphatic heterocycles. The summed E-state index contributed by atoms with van der Waals surface area (Å²) in [5.41, 5.74) is 0. The lowest BCUT2D eigenvalue weighted by molar-refractivity contribution is -0.143. The highest BCUT2D eigenvalue weighted by Crippen LogP contribution is 2.07. The highest BCUT2D eigenvalue weighted by Gasteiger charge is 2.22. The quantitative estimate of drug-likeness (QED) is 0.612. The van der Waals surface area contributed by atoms with Gasteiger partial charge in [0.1, 0.15) is 6.04 Å². The molecular weight excluding hydrogens is 198 g/mol. The van der Waals surface area contributed by atoms with Gasteiger partial charge in [0.05, 0.1) is 13.5 Å². The van der Waals surface area contributed by atoms with E-state index in [9.17, 15) is 9.59 Å². The maximum Gasteiger partial charge on any atom is 0.320 e. The van der Waals surface area contributed by atoms with Gasteiger partial charge in [-0.05, 0) is 5.92 Å². The van der Waals surface area contributed by atoms with Gasteiger partial charge < -0.3 is 15.2 Å². The first-order chi connectivity index (χ1) is 7.02. The van der Waals surface area contributed by atoms with E-state index in [0.29, 0.717) is 6.54 Å². The van der Waals surface area contributed by atoms with Crippen molar-refractivity contribution in [1.29, 1.82) is 0 Å². The normalized spacial score (nSPS) is 14.3. The molecule has 0 aliphatic carbocycles. The number of carboxylic acid groups (broad SMARTS) is 1. The number of methoxy groups -OCH3 is 1. The first kappa shape index (κ1) is 13.9. The highest BCUT2D eigenvalue weighted by atomic mass is 16.5. The monoisotopic (exact) mass is 217 g/mol. The van der Waals surface area contributed by atoms with Crippen molar-refractivity contribution in [2.24, 2.45) is 5.92 Å². The van der Waals surface area contributed by atoms with Gasteiger partial charge in [-0.25, -0.2) is 0 Å². The number of nitrogens with one attached hydrogen (secondary N) is 1. The molecule has 0 aromatic heterocycles. The minimum atomic E-state index is -0.880. The van der Waals surface area contributed by atoms with E-state index in [1.807, 2.05) is 13.8 Å². The number of rotatable bonds is 7. The van der Waals surface area contributed by atoms with Gasteiger partial charge in [-0.15, -0.1) is 0 Å². The van der Waals surface area contributed by atoms with Crippen LogP contribution < -0.4 is 5.32 Å². The van der Waals surface area contributed by atoms with Crippen LogP contribution in [-0.2, 0) is 14.3 Å². The highest BCUT2D eigenvalue weighted by molar-refractivity contribution is 5.74. The summed E-state index contributed by atoms with van der Waals surface area (Å²) in [6.07, 6.45) is 0.971. The van der Waals surface area contributed by atoms with Crippen LogP contribution in [0.5, 0.6) is 0 Å². The summed E-state index contributed by atoms with van der Waals surface area (Å²) in [4.78, 5) is 21.7. The van der Waals surface area contributed by atoms with E-state index in [1.54, 1.807) is 0 Å². The fraction of sp³-hybridized carbons (Fsp3) is 0.800. The number of hydrogen-bond acceptors (Lipinski definition) is 4. The zero-order chi connectivity index (χ0) is 11.8. The summed E-state index contributed by atoms with van der Waals surface area (Å²) in [6.45, 7) is 4.13. The number of aliphatic carboxylic acids is 1. The third-order valence-electron chi connectivity index (χ3n) is 2.40. The first-order valence-corrected chi connectivity index (χ1v) is 5.05. The van der Waals surface area contributed by atoms with Gasteiger partial charge in [0, 0.05) is 6.54 Å². The molecule has 0 aliphatic rings. The minimum Gasteiger partial charge on any atom is -0.480 e. The SMILES string of the molecule is CCC(C)C(NCCC(=O)OC)C(=O)O. The third kappa shape index (κ3) is 5.37. The number of carbonyl (C=O) groups is 2. The van der Waals surface area contributed by atoms with Gasteiger partial charge >= 0.3 is 11.9 Å². The fourth-order valence-electron chi connectivity index (χ4n) is 1.20. The van der Waals surface area contributed by atoms with Gasteiger partial charge in [0.2, 0.25) is 0 Å². The summed E-state index contributed by atoms with van der Waals surface area (Å²) >= 11 is 0. The molecule has 2 atom stereocenters. The van der Waals surface area contributed by atoms with Crippen LogP contribution in [0.3, 0.4) is 0 Å². The van der Waals surface area contributed by atoms with Crippen molar-refractivity contribution in [1.82, 2.24) is 5.32 Å². The van der Waals surface area contributed by atoms with Crippen LogP contribution >= 0.6 is 0 Å². The summed E-state index contributed by atoms with van der Waals surface area (Å²) in [5.74, 6) is -1.18. The minimum absolute atomic E-state index is 0.0418. The molecule has 0 aromatic rings. The zero-order valence-electron chi connectivity index (χ0n) is 9.45. The lowest BCUT2D eigenvalue weighted by Crippen LogP contribution is -2.42. The van der Waals surface area contributed by atoms with E-state index in [1.165, 1.54) is 7.11 Å². The van der Waals surface area contributed by atoms with Crippen molar-refractivity contribution in [3.8, 4) is 0 Å². The Morgan fingerprint density at radius 2 is 2.07 bits per heavy atom. The number of ether oxygens (including phenoxy) is 1. The third-order valence-corrected chi connectivity index (χ3v) is 2.40. The fourth-order valence-corrected chi connectivity index (χ4v) is 1.20. The molecule has 0 spiro atoms. The second kappa shape index (κ2) is 7.23. The summed E-state index contributed by atoms with van der Waals surface area (Å²) in [7, 11) is 1.31. The zero-order valence-corrected chi connectivity index (χ0v) is 9.45. The lowest BCUT2D eigenvalue weighted by Gasteiger charge is -2.19. The largest absolute Gasteiger partial charge is 0.480 e. The van der Waals surface area contributed by atoms with Crippen LogP contribution in [-0.4, -0.2) is 36.7 Å². The molecule has 2 N–H and O–H groups in total. The average Bonchev–Trinajstić information content (AvgIpc) is 2.22. The van der Waals surface area contributed by atoms with E-state index in [2.05, 4.69) is 10.1 Å². The van der Waals surface area contributed by atoms with Gasteiger partial charge in [-0.3, -0.25) is 9.59 Å². The number of esters is 1. The Labute approximate surface area is 89.8 Å². The molecule has 0 saturated heterocycles. The standard InChI is InChI=1S/C10H19NO4/c1-4-7(2)9(10(13)14)11-6-5-8(12)15-3/h7,9,11H,4-6H2,1-3H3,(H,13,14). The van der Waals surface area contributed by atoms with Crippen LogP contribution in [0.15, 0.2) is 0 Å². The molecule has 0 rings (SSSR count). The molecular formula is C10H19NO4. The summed E-state index contributed by atoms with van der Waals surface area (Å²) in [6, 6.07) is -0.598. The van der Waals surface area contributed by atoms with E-state index in [0.717, 1.165) is 6.42 Å². The second-order valence-corrected chi connectivity index (χ2v) is 3.48. The average molecular weight is 217 g/mol. The van der Waals surface area contributed by atoms with Crippen LogP contribution in [0.4, 0.5) is 0 Å². The molecule has 0 fully saturated rings. The number of hydrogen-bond donors (Lipinski definition) is 2. The Balaban J connectivity index is 3.97. The van der Waals surface area contributed by atoms with Gasteiger partial charge in [-0.1, -0.05) is 20.3 Å².